The maximum Gasteiger partial charge on any atom is 0.264 e. The molecule has 0 aliphatic heterocycles. The van der Waals surface area contributed by atoms with Crippen molar-refractivity contribution in [3.05, 3.63) is 64.4 Å². The molecule has 7 nitrogen and oxygen atoms in total. The van der Waals surface area contributed by atoms with E-state index in [2.05, 4.69) is 20.1 Å². The average molecular weight is 421 g/mol. The van der Waals surface area contributed by atoms with E-state index in [4.69, 9.17) is 0 Å². The van der Waals surface area contributed by atoms with E-state index in [0.717, 1.165) is 49.8 Å². The van der Waals surface area contributed by atoms with Gasteiger partial charge in [0.2, 0.25) is 0 Å². The van der Waals surface area contributed by atoms with Crippen LogP contribution in [0.15, 0.2) is 36.9 Å². The maximum atomic E-state index is 13.3. The third kappa shape index (κ3) is 3.47. The molecule has 1 atom stereocenters. The Labute approximate surface area is 179 Å². The molecule has 4 aromatic rings. The predicted octanol–water partition coefficient (Wildman–Crippen LogP) is 4.28. The number of nitrogens with zero attached hydrogens (tertiary/aromatic N) is 6. The molecule has 4 rings (SSSR count). The van der Waals surface area contributed by atoms with Crippen molar-refractivity contribution in [3.8, 4) is 5.69 Å². The molecule has 8 heteroatoms. The van der Waals surface area contributed by atoms with Gasteiger partial charge in [0, 0.05) is 24.5 Å². The minimum atomic E-state index is -0.0784. The first-order chi connectivity index (χ1) is 14.4. The van der Waals surface area contributed by atoms with Crippen molar-refractivity contribution in [3.63, 3.8) is 0 Å². The van der Waals surface area contributed by atoms with Crippen molar-refractivity contribution in [2.75, 3.05) is 7.05 Å². The zero-order valence-electron chi connectivity index (χ0n) is 17.7. The maximum absolute atomic E-state index is 13.3. The van der Waals surface area contributed by atoms with Crippen LogP contribution < -0.4 is 0 Å². The van der Waals surface area contributed by atoms with Crippen molar-refractivity contribution < 1.29 is 4.79 Å². The van der Waals surface area contributed by atoms with E-state index < -0.39 is 0 Å². The first-order valence-electron chi connectivity index (χ1n) is 9.89. The number of aryl methyl sites for hydroxylation is 3. The lowest BCUT2D eigenvalue weighted by molar-refractivity contribution is 0.0747. The number of rotatable bonds is 5. The van der Waals surface area contributed by atoms with Gasteiger partial charge >= 0.3 is 0 Å². The average Bonchev–Trinajstić information content (AvgIpc) is 3.40. The summed E-state index contributed by atoms with van der Waals surface area (Å²) in [5.41, 5.74) is 3.88. The number of thiophene rings is 1. The van der Waals surface area contributed by atoms with Gasteiger partial charge in [-0.25, -0.2) is 19.6 Å². The van der Waals surface area contributed by atoms with E-state index in [0.29, 0.717) is 0 Å². The van der Waals surface area contributed by atoms with Crippen LogP contribution >= 0.6 is 11.3 Å². The number of carbonyl (C=O) groups is 1. The fraction of sp³-hybridized carbons (Fsp3) is 0.318. The normalized spacial score (nSPS) is 12.3. The lowest BCUT2D eigenvalue weighted by Gasteiger charge is -2.25. The lowest BCUT2D eigenvalue weighted by atomic mass is 10.1. The number of hydrogen-bond donors (Lipinski definition) is 0. The highest BCUT2D eigenvalue weighted by Crippen LogP contribution is 2.33. The molecule has 0 bridgehead atoms. The van der Waals surface area contributed by atoms with E-state index >= 15 is 0 Å². The van der Waals surface area contributed by atoms with E-state index in [1.807, 2.05) is 59.0 Å². The quantitative estimate of drug-likeness (QED) is 0.481. The summed E-state index contributed by atoms with van der Waals surface area (Å²) < 4.78 is 1.71. The molecule has 1 aromatic carbocycles. The molecule has 0 unspecified atom stereocenters. The van der Waals surface area contributed by atoms with Crippen LogP contribution in [-0.4, -0.2) is 42.6 Å². The highest BCUT2D eigenvalue weighted by molar-refractivity contribution is 7.20. The number of aromatic nitrogens is 5. The second-order valence-corrected chi connectivity index (χ2v) is 8.34. The fourth-order valence-electron chi connectivity index (χ4n) is 3.56. The van der Waals surface area contributed by atoms with Gasteiger partial charge in [-0.05, 0) is 44.0 Å². The lowest BCUT2D eigenvalue weighted by Crippen LogP contribution is -2.29. The Morgan fingerprint density at radius 1 is 1.20 bits per heavy atom. The molecule has 30 heavy (non-hydrogen) atoms. The Morgan fingerprint density at radius 3 is 2.57 bits per heavy atom. The summed E-state index contributed by atoms with van der Waals surface area (Å²) in [6.07, 6.45) is 3.94. The SMILES string of the molecule is CCc1nc(C)c2c(C)c(C(=O)N(C)[C@@H](C)c3ccc(-n4cncn4)cc3)sc2n1. The van der Waals surface area contributed by atoms with Crippen LogP contribution in [0.5, 0.6) is 0 Å². The van der Waals surface area contributed by atoms with E-state index in [-0.39, 0.29) is 11.9 Å². The summed E-state index contributed by atoms with van der Waals surface area (Å²) in [4.78, 5) is 29.9. The van der Waals surface area contributed by atoms with Gasteiger partial charge in [0.25, 0.3) is 5.91 Å². The topological polar surface area (TPSA) is 76.8 Å². The standard InChI is InChI=1S/C22H24N6OS/c1-6-18-25-14(3)19-13(2)20(30-21(19)26-18)22(29)27(5)15(4)16-7-9-17(10-8-16)28-12-23-11-24-28/h7-12,15H,6H2,1-5H3/t15-/m0/s1. The summed E-state index contributed by atoms with van der Waals surface area (Å²) >= 11 is 1.46. The number of carbonyl (C=O) groups excluding carboxylic acids is 1. The Morgan fingerprint density at radius 2 is 1.93 bits per heavy atom. The van der Waals surface area contributed by atoms with Gasteiger partial charge in [0.05, 0.1) is 16.6 Å². The van der Waals surface area contributed by atoms with Crippen molar-refractivity contribution >= 4 is 27.5 Å². The molecule has 0 saturated carbocycles. The predicted molar refractivity (Wildman–Crippen MR) is 118 cm³/mol. The van der Waals surface area contributed by atoms with Crippen molar-refractivity contribution in [2.24, 2.45) is 0 Å². The Balaban J connectivity index is 1.61. The smallest absolute Gasteiger partial charge is 0.264 e. The number of fused-ring (bicyclic) bond motifs is 1. The summed E-state index contributed by atoms with van der Waals surface area (Å²) in [7, 11) is 1.85. The Kier molecular flexibility index (Phi) is 5.34. The van der Waals surface area contributed by atoms with Crippen molar-refractivity contribution in [1.29, 1.82) is 0 Å². The number of amides is 1. The molecule has 3 aromatic heterocycles. The Bertz CT molecular complexity index is 1200. The minimum Gasteiger partial charge on any atom is -0.334 e. The third-order valence-corrected chi connectivity index (χ3v) is 6.66. The zero-order valence-corrected chi connectivity index (χ0v) is 18.6. The summed E-state index contributed by atoms with van der Waals surface area (Å²) in [6.45, 7) is 8.04. The van der Waals surface area contributed by atoms with Crippen LogP contribution in [0.4, 0.5) is 0 Å². The summed E-state index contributed by atoms with van der Waals surface area (Å²) in [5, 5.41) is 5.14. The number of hydrogen-bond acceptors (Lipinski definition) is 6. The molecule has 0 aliphatic carbocycles. The molecule has 154 valence electrons. The molecule has 0 radical (unpaired) electrons. The fourth-order valence-corrected chi connectivity index (χ4v) is 4.80. The van der Waals surface area contributed by atoms with Gasteiger partial charge in [-0.2, -0.15) is 5.10 Å². The third-order valence-electron chi connectivity index (χ3n) is 5.49. The zero-order chi connectivity index (χ0) is 21.4. The Hall–Kier alpha value is -3.13. The summed E-state index contributed by atoms with van der Waals surface area (Å²) in [6, 6.07) is 7.92. The molecule has 3 heterocycles. The molecular weight excluding hydrogens is 396 g/mol. The first-order valence-corrected chi connectivity index (χ1v) is 10.7. The minimum absolute atomic E-state index is 0.000742. The van der Waals surface area contributed by atoms with E-state index in [9.17, 15) is 4.79 Å². The van der Waals surface area contributed by atoms with Crippen LogP contribution in [0.1, 0.15) is 52.2 Å². The van der Waals surface area contributed by atoms with E-state index in [1.54, 1.807) is 15.9 Å². The van der Waals surface area contributed by atoms with Gasteiger partial charge in [-0.15, -0.1) is 11.3 Å². The monoisotopic (exact) mass is 420 g/mol. The molecule has 0 spiro atoms. The molecule has 0 saturated heterocycles. The van der Waals surface area contributed by atoms with Crippen LogP contribution in [0.25, 0.3) is 15.9 Å². The van der Waals surface area contributed by atoms with Crippen LogP contribution in [-0.2, 0) is 6.42 Å². The van der Waals surface area contributed by atoms with E-state index in [1.165, 1.54) is 17.7 Å². The molecule has 0 N–H and O–H groups in total. The molecule has 0 aliphatic rings. The van der Waals surface area contributed by atoms with Crippen molar-refractivity contribution in [1.82, 2.24) is 29.6 Å². The molecule has 0 fully saturated rings. The van der Waals surface area contributed by atoms with Gasteiger partial charge in [0.15, 0.2) is 0 Å². The van der Waals surface area contributed by atoms with Crippen molar-refractivity contribution in [2.45, 2.75) is 40.2 Å². The highest BCUT2D eigenvalue weighted by Gasteiger charge is 2.25. The van der Waals surface area contributed by atoms with Gasteiger partial charge in [0.1, 0.15) is 23.3 Å². The molecule has 1 amide bonds. The van der Waals surface area contributed by atoms with Gasteiger partial charge < -0.3 is 4.90 Å². The summed E-state index contributed by atoms with van der Waals surface area (Å²) in [5.74, 6) is 0.815. The largest absolute Gasteiger partial charge is 0.334 e. The second kappa shape index (κ2) is 7.95. The first kappa shape index (κ1) is 20.2. The van der Waals surface area contributed by atoms with Gasteiger partial charge in [-0.1, -0.05) is 19.1 Å². The highest BCUT2D eigenvalue weighted by atomic mass is 32.1. The molecular formula is C22H24N6OS. The van der Waals surface area contributed by atoms with Crippen LogP contribution in [0, 0.1) is 13.8 Å². The second-order valence-electron chi connectivity index (χ2n) is 7.34. The van der Waals surface area contributed by atoms with Crippen LogP contribution in [0.2, 0.25) is 0 Å². The van der Waals surface area contributed by atoms with Gasteiger partial charge in [-0.3, -0.25) is 4.79 Å². The number of benzene rings is 1. The van der Waals surface area contributed by atoms with Crippen LogP contribution in [0.3, 0.4) is 0 Å².